The van der Waals surface area contributed by atoms with Gasteiger partial charge in [0, 0.05) is 43.6 Å². The molecule has 0 aliphatic carbocycles. The van der Waals surface area contributed by atoms with Gasteiger partial charge in [-0.15, -0.1) is 35.9 Å². The Morgan fingerprint density at radius 2 is 1.58 bits per heavy atom. The van der Waals surface area contributed by atoms with Crippen LogP contribution in [0.4, 0.5) is 0 Å². The zero-order valence-corrected chi connectivity index (χ0v) is 25.4. The Labute approximate surface area is 237 Å². The molecule has 0 spiro atoms. The van der Waals surface area contributed by atoms with Crippen LogP contribution in [0.5, 0.6) is 0 Å². The Morgan fingerprint density at radius 1 is 0.789 bits per heavy atom. The van der Waals surface area contributed by atoms with Crippen LogP contribution in [-0.2, 0) is 20.1 Å². The molecule has 0 amide bonds. The summed E-state index contributed by atoms with van der Waals surface area (Å²) in [4.78, 5) is 17.7. The molecule has 0 aliphatic rings. The molecule has 0 N–H and O–H groups in total. The summed E-state index contributed by atoms with van der Waals surface area (Å²) in [6, 6.07) is 23.3. The van der Waals surface area contributed by atoms with Gasteiger partial charge in [-0.05, 0) is 65.9 Å². The molecule has 6 aromatic rings. The van der Waals surface area contributed by atoms with E-state index in [1.807, 2.05) is 74.8 Å². The number of furan rings is 1. The molecule has 0 aliphatic heterocycles. The van der Waals surface area contributed by atoms with Crippen molar-refractivity contribution in [1.82, 2.24) is 19.9 Å². The van der Waals surface area contributed by atoms with Crippen LogP contribution >= 0.6 is 0 Å². The van der Waals surface area contributed by atoms with Gasteiger partial charge in [0.05, 0.1) is 13.7 Å². The molecule has 1 radical (unpaired) electrons. The summed E-state index contributed by atoms with van der Waals surface area (Å²) in [7, 11) is -1.37. The number of aromatic nitrogens is 4. The van der Waals surface area contributed by atoms with Crippen molar-refractivity contribution in [3.05, 3.63) is 103 Å². The van der Waals surface area contributed by atoms with Crippen LogP contribution in [-0.4, -0.2) is 28.0 Å². The Morgan fingerprint density at radius 3 is 2.24 bits per heavy atom. The van der Waals surface area contributed by atoms with Gasteiger partial charge in [-0.3, -0.25) is 0 Å². The van der Waals surface area contributed by atoms with Crippen LogP contribution in [0.25, 0.3) is 44.6 Å². The number of hydrogen-bond acceptors (Lipinski definition) is 5. The van der Waals surface area contributed by atoms with Crippen molar-refractivity contribution < 1.29 is 24.5 Å². The van der Waals surface area contributed by atoms with Gasteiger partial charge in [-0.25, -0.2) is 4.98 Å². The Kier molecular flexibility index (Phi) is 8.31. The van der Waals surface area contributed by atoms with Gasteiger partial charge >= 0.3 is 0 Å². The largest absolute Gasteiger partial charge is 0.486 e. The van der Waals surface area contributed by atoms with Crippen molar-refractivity contribution >= 4 is 35.3 Å². The summed E-state index contributed by atoms with van der Waals surface area (Å²) < 4.78 is 6.00. The molecule has 7 heteroatoms. The molecular weight excluding hydrogens is 665 g/mol. The first kappa shape index (κ1) is 27.5. The fraction of sp³-hybridized carbons (Fsp3) is 0.161. The maximum atomic E-state index is 6.00. The molecule has 0 saturated carbocycles. The number of benzene rings is 1. The predicted octanol–water partition coefficient (Wildman–Crippen LogP) is 6.95. The maximum Gasteiger partial charge on any atom is 0.216 e. The van der Waals surface area contributed by atoms with Crippen molar-refractivity contribution in [2.75, 3.05) is 0 Å². The second-order valence-corrected chi connectivity index (χ2v) is 15.2. The second kappa shape index (κ2) is 11.5. The first-order valence-corrected chi connectivity index (χ1v) is 15.7. The van der Waals surface area contributed by atoms with Gasteiger partial charge in [-0.2, -0.15) is 0 Å². The van der Waals surface area contributed by atoms with Gasteiger partial charge < -0.3 is 19.4 Å². The van der Waals surface area contributed by atoms with E-state index in [0.29, 0.717) is 5.71 Å². The molecule has 38 heavy (non-hydrogen) atoms. The zero-order chi connectivity index (χ0) is 26.0. The third kappa shape index (κ3) is 5.96. The smallest absolute Gasteiger partial charge is 0.216 e. The first-order valence-electron chi connectivity index (χ1n) is 12.2. The van der Waals surface area contributed by atoms with E-state index in [0.717, 1.165) is 44.6 Å². The summed E-state index contributed by atoms with van der Waals surface area (Å²) in [6.07, 6.45) is 8.66. The standard InChI is InChI=1S/C19H18N3OSi.C12H10N.Ir/c1-12-5-7-14-15-10-20-11-16(18(15)23-19(14)22-12)17-8-6-13(9-21-17)24(2,3)4;1-10-7-8-12(13-9-10)11-5-3-2-4-6-11;/h5-10H,1-4H3;2-5,7-9H,1H3;/q2*-1;. The van der Waals surface area contributed by atoms with E-state index in [1.165, 1.54) is 10.8 Å². The normalized spacial score (nSPS) is 11.1. The molecule has 5 nitrogen and oxygen atoms in total. The maximum absolute atomic E-state index is 6.00. The van der Waals surface area contributed by atoms with Crippen molar-refractivity contribution in [2.24, 2.45) is 0 Å². The predicted molar refractivity (Wildman–Crippen MR) is 152 cm³/mol. The third-order valence-electron chi connectivity index (χ3n) is 6.11. The molecule has 0 saturated heterocycles. The van der Waals surface area contributed by atoms with E-state index in [-0.39, 0.29) is 20.1 Å². The monoisotopic (exact) mass is 693 g/mol. The van der Waals surface area contributed by atoms with Crippen molar-refractivity contribution in [3.8, 4) is 22.5 Å². The van der Waals surface area contributed by atoms with E-state index >= 15 is 0 Å². The molecule has 0 unspecified atom stereocenters. The number of pyridine rings is 4. The van der Waals surface area contributed by atoms with Gasteiger partial charge in [0.15, 0.2) is 0 Å². The van der Waals surface area contributed by atoms with E-state index in [2.05, 4.69) is 64.0 Å². The SMILES string of the molecule is Cc1ccc(-c2[c-]cccc2)nc1.Cc1ccc2c(n1)oc1c(-c3ccc([Si](C)(C)C)cn3)[c-]ncc12.[Ir]. The van der Waals surface area contributed by atoms with Gasteiger partial charge in [-0.1, -0.05) is 49.5 Å². The fourth-order valence-electron chi connectivity index (χ4n) is 3.95. The Balaban J connectivity index is 0.000000204. The quantitative estimate of drug-likeness (QED) is 0.149. The van der Waals surface area contributed by atoms with E-state index in [1.54, 1.807) is 6.20 Å². The van der Waals surface area contributed by atoms with Crippen LogP contribution in [0.2, 0.25) is 19.6 Å². The minimum Gasteiger partial charge on any atom is -0.486 e. The Hall–Kier alpha value is -3.51. The minimum absolute atomic E-state index is 0. The van der Waals surface area contributed by atoms with Gasteiger partial charge in [0.25, 0.3) is 0 Å². The molecule has 193 valence electrons. The number of aryl methyl sites for hydroxylation is 2. The summed E-state index contributed by atoms with van der Waals surface area (Å²) in [5.41, 5.74) is 7.11. The van der Waals surface area contributed by atoms with Crippen LogP contribution in [0.1, 0.15) is 11.3 Å². The molecular formula is C31H28IrN4OSi-2. The third-order valence-corrected chi connectivity index (χ3v) is 8.14. The topological polar surface area (TPSA) is 64.7 Å². The summed E-state index contributed by atoms with van der Waals surface area (Å²) in [5.74, 6) is 0. The molecule has 5 aromatic heterocycles. The number of rotatable bonds is 3. The van der Waals surface area contributed by atoms with Crippen molar-refractivity contribution in [3.63, 3.8) is 0 Å². The molecule has 5 heterocycles. The average molecular weight is 693 g/mol. The molecule has 1 aromatic carbocycles. The summed E-state index contributed by atoms with van der Waals surface area (Å²) in [6.45, 7) is 10.9. The van der Waals surface area contributed by atoms with Crippen LogP contribution in [0.15, 0.2) is 83.7 Å². The van der Waals surface area contributed by atoms with Crippen LogP contribution in [0.3, 0.4) is 0 Å². The average Bonchev–Trinajstić information content (AvgIpc) is 3.27. The molecule has 0 bridgehead atoms. The minimum atomic E-state index is -1.37. The number of nitrogens with zero attached hydrogens (tertiary/aromatic N) is 4. The van der Waals surface area contributed by atoms with E-state index in [4.69, 9.17) is 4.42 Å². The molecule has 0 atom stereocenters. The van der Waals surface area contributed by atoms with Crippen molar-refractivity contribution in [1.29, 1.82) is 0 Å². The van der Waals surface area contributed by atoms with Gasteiger partial charge in [0.1, 0.15) is 0 Å². The fourth-order valence-corrected chi connectivity index (χ4v) is 4.99. The molecule has 6 rings (SSSR count). The van der Waals surface area contributed by atoms with Crippen LogP contribution < -0.4 is 5.19 Å². The molecule has 0 fully saturated rings. The second-order valence-electron chi connectivity index (χ2n) is 10.1. The first-order chi connectivity index (χ1) is 17.8. The summed E-state index contributed by atoms with van der Waals surface area (Å²) >= 11 is 0. The van der Waals surface area contributed by atoms with Gasteiger partial charge in [0.2, 0.25) is 5.71 Å². The summed E-state index contributed by atoms with van der Waals surface area (Å²) in [5, 5.41) is 3.24. The number of fused-ring (bicyclic) bond motifs is 3. The Bertz CT molecular complexity index is 1660. The van der Waals surface area contributed by atoms with Crippen LogP contribution in [0, 0.1) is 26.1 Å². The zero-order valence-electron chi connectivity index (χ0n) is 22.0. The van der Waals surface area contributed by atoms with Crippen molar-refractivity contribution in [2.45, 2.75) is 33.5 Å². The van der Waals surface area contributed by atoms with E-state index in [9.17, 15) is 0 Å². The van der Waals surface area contributed by atoms with E-state index < -0.39 is 8.07 Å². The number of hydrogen-bond donors (Lipinski definition) is 0.